The number of fused-ring (bicyclic) bond motifs is 2. The highest BCUT2D eigenvalue weighted by Gasteiger charge is 2.56. The predicted molar refractivity (Wildman–Crippen MR) is 136 cm³/mol. The molecule has 3 saturated heterocycles. The van der Waals surface area contributed by atoms with Crippen molar-refractivity contribution in [1.82, 2.24) is 14.1 Å². The fourth-order valence-corrected chi connectivity index (χ4v) is 8.19. The lowest BCUT2D eigenvalue weighted by molar-refractivity contribution is -0.143. The number of amides is 3. The zero-order chi connectivity index (χ0) is 25.9. The maximum Gasteiger partial charge on any atom is 0.244 e. The summed E-state index contributed by atoms with van der Waals surface area (Å²) in [6, 6.07) is 9.24. The van der Waals surface area contributed by atoms with E-state index in [0.29, 0.717) is 31.2 Å². The van der Waals surface area contributed by atoms with E-state index in [9.17, 15) is 22.8 Å². The minimum Gasteiger partial charge on any atom is -0.377 e. The van der Waals surface area contributed by atoms with E-state index >= 15 is 0 Å². The van der Waals surface area contributed by atoms with Crippen LogP contribution in [0.2, 0.25) is 0 Å². The number of anilines is 1. The van der Waals surface area contributed by atoms with Gasteiger partial charge in [-0.2, -0.15) is 4.31 Å². The number of likely N-dealkylation sites (tertiary alicyclic amines) is 2. The summed E-state index contributed by atoms with van der Waals surface area (Å²) in [6.07, 6.45) is 1.53. The lowest BCUT2D eigenvalue weighted by atomic mass is 10.0. The Bertz CT molecular complexity index is 1360. The molecule has 192 valence electrons. The second-order valence-corrected chi connectivity index (χ2v) is 12.0. The summed E-state index contributed by atoms with van der Waals surface area (Å²) in [5.41, 5.74) is 0.914. The van der Waals surface area contributed by atoms with E-state index in [0.717, 1.165) is 11.1 Å². The number of carbonyl (C=O) groups excluding carboxylic acids is 3. The fourth-order valence-electron chi connectivity index (χ4n) is 6.33. The summed E-state index contributed by atoms with van der Waals surface area (Å²) >= 11 is 0. The summed E-state index contributed by atoms with van der Waals surface area (Å²) < 4.78 is 29.3. The fraction of sp³-hybridized carbons (Fsp3) is 0.500. The molecule has 4 atom stereocenters. The molecule has 9 nitrogen and oxygen atoms in total. The molecule has 5 rings (SSSR count). The predicted octanol–water partition coefficient (Wildman–Crippen LogP) is 2.05. The quantitative estimate of drug-likeness (QED) is 0.622. The molecule has 2 aromatic carbocycles. The zero-order valence-corrected chi connectivity index (χ0v) is 21.9. The molecule has 0 saturated carbocycles. The lowest BCUT2D eigenvalue weighted by Crippen LogP contribution is -2.51. The van der Waals surface area contributed by atoms with Crippen LogP contribution in [0.3, 0.4) is 0 Å². The molecule has 0 N–H and O–H groups in total. The summed E-state index contributed by atoms with van der Waals surface area (Å²) in [5.74, 6) is -1.35. The van der Waals surface area contributed by atoms with Gasteiger partial charge in [-0.05, 0) is 31.4 Å². The van der Waals surface area contributed by atoms with Gasteiger partial charge in [0.25, 0.3) is 0 Å². The molecule has 3 amide bonds. The van der Waals surface area contributed by atoms with Crippen molar-refractivity contribution in [3.63, 3.8) is 0 Å². The van der Waals surface area contributed by atoms with E-state index < -0.39 is 28.0 Å². The van der Waals surface area contributed by atoms with Crippen LogP contribution in [0, 0.1) is 5.92 Å². The Hall–Kier alpha value is -2.98. The maximum atomic E-state index is 14.0. The molecule has 3 aliphatic rings. The van der Waals surface area contributed by atoms with Crippen LogP contribution in [0.25, 0.3) is 10.8 Å². The summed E-state index contributed by atoms with van der Waals surface area (Å²) in [7, 11) is -0.140. The van der Waals surface area contributed by atoms with Gasteiger partial charge in [-0.1, -0.05) is 31.2 Å². The third-order valence-electron chi connectivity index (χ3n) is 7.93. The Morgan fingerprint density at radius 2 is 1.69 bits per heavy atom. The minimum absolute atomic E-state index is 0.190. The van der Waals surface area contributed by atoms with Gasteiger partial charge >= 0.3 is 0 Å². The number of hydrogen-bond donors (Lipinski definition) is 0. The molecule has 3 fully saturated rings. The lowest BCUT2D eigenvalue weighted by Gasteiger charge is -2.32. The second kappa shape index (κ2) is 8.85. The van der Waals surface area contributed by atoms with Crippen molar-refractivity contribution in [2.24, 2.45) is 5.92 Å². The highest BCUT2D eigenvalue weighted by Crippen LogP contribution is 2.39. The van der Waals surface area contributed by atoms with Gasteiger partial charge < -0.3 is 9.80 Å². The van der Waals surface area contributed by atoms with Crippen molar-refractivity contribution in [3.05, 3.63) is 36.4 Å². The summed E-state index contributed by atoms with van der Waals surface area (Å²) in [5, 5.41) is 1.45. The zero-order valence-electron chi connectivity index (χ0n) is 21.0. The molecule has 36 heavy (non-hydrogen) atoms. The highest BCUT2D eigenvalue weighted by atomic mass is 32.2. The first kappa shape index (κ1) is 24.7. The number of sulfonamides is 1. The second-order valence-electron chi connectivity index (χ2n) is 10.2. The Kier molecular flexibility index (Phi) is 6.07. The third kappa shape index (κ3) is 3.61. The molecule has 0 radical (unpaired) electrons. The van der Waals surface area contributed by atoms with Crippen molar-refractivity contribution in [2.75, 3.05) is 32.1 Å². The largest absolute Gasteiger partial charge is 0.377 e. The van der Waals surface area contributed by atoms with Crippen LogP contribution in [0.1, 0.15) is 33.1 Å². The standard InChI is InChI=1S/C26H32N4O5S/c1-16-24-21(30(17(2)31)25(16)32)13-15-28(24)26(33)22-11-7-14-29(22)36(34,35)23-12-6-8-18-19(23)9-5-10-20(18)27(3)4/h5-6,8-10,12,16,21-22,24H,7,11,13-15H2,1-4H3/t16-,21-,22+,24+/m1/s1. The number of hydrogen-bond acceptors (Lipinski definition) is 6. The Morgan fingerprint density at radius 1 is 1.00 bits per heavy atom. The Balaban J connectivity index is 1.48. The van der Waals surface area contributed by atoms with Gasteiger partial charge in [-0.3, -0.25) is 19.3 Å². The van der Waals surface area contributed by atoms with Gasteiger partial charge in [0.1, 0.15) is 6.04 Å². The summed E-state index contributed by atoms with van der Waals surface area (Å²) in [4.78, 5) is 43.7. The molecular weight excluding hydrogens is 480 g/mol. The monoisotopic (exact) mass is 512 g/mol. The van der Waals surface area contributed by atoms with Crippen molar-refractivity contribution in [3.8, 4) is 0 Å². The van der Waals surface area contributed by atoms with Crippen LogP contribution < -0.4 is 4.90 Å². The van der Waals surface area contributed by atoms with Crippen LogP contribution in [-0.4, -0.2) is 85.6 Å². The highest BCUT2D eigenvalue weighted by molar-refractivity contribution is 7.89. The van der Waals surface area contributed by atoms with E-state index in [1.165, 1.54) is 16.1 Å². The SMILES string of the molecule is CC(=O)N1C(=O)[C@H](C)[C@H]2[C@H]1CCN2C(=O)[C@@H]1CCCN1S(=O)(=O)c1cccc2c(N(C)C)cccc12. The van der Waals surface area contributed by atoms with E-state index in [-0.39, 0.29) is 35.2 Å². The number of nitrogens with zero attached hydrogens (tertiary/aromatic N) is 4. The first-order valence-corrected chi connectivity index (χ1v) is 13.8. The normalized spacial score (nSPS) is 26.6. The molecule has 10 heteroatoms. The van der Waals surface area contributed by atoms with E-state index in [1.807, 2.05) is 37.2 Å². The van der Waals surface area contributed by atoms with Gasteiger partial charge in [0.05, 0.1) is 22.9 Å². The smallest absolute Gasteiger partial charge is 0.244 e. The van der Waals surface area contributed by atoms with Crippen molar-refractivity contribution < 1.29 is 22.8 Å². The van der Waals surface area contributed by atoms with Crippen molar-refractivity contribution in [1.29, 1.82) is 0 Å². The first-order valence-electron chi connectivity index (χ1n) is 12.4. The molecule has 0 aromatic heterocycles. The van der Waals surface area contributed by atoms with E-state index in [2.05, 4.69) is 0 Å². The number of imide groups is 1. The van der Waals surface area contributed by atoms with Crippen molar-refractivity contribution in [2.45, 2.75) is 56.1 Å². The van der Waals surface area contributed by atoms with Crippen molar-refractivity contribution >= 4 is 44.2 Å². The van der Waals surface area contributed by atoms with Crippen LogP contribution in [0.4, 0.5) is 5.69 Å². The topological polar surface area (TPSA) is 98.3 Å². The molecule has 3 aliphatic heterocycles. The molecule has 0 aliphatic carbocycles. The average molecular weight is 513 g/mol. The Morgan fingerprint density at radius 3 is 2.39 bits per heavy atom. The molecule has 0 bridgehead atoms. The number of rotatable bonds is 4. The minimum atomic E-state index is -3.97. The van der Waals surface area contributed by atoms with Crippen LogP contribution in [-0.2, 0) is 24.4 Å². The number of carbonyl (C=O) groups is 3. The molecule has 3 heterocycles. The Labute approximate surface area is 211 Å². The molecule has 0 unspecified atom stereocenters. The molecular formula is C26H32N4O5S. The molecule has 0 spiro atoms. The van der Waals surface area contributed by atoms with Gasteiger partial charge in [-0.15, -0.1) is 0 Å². The van der Waals surface area contributed by atoms with Crippen LogP contribution >= 0.6 is 0 Å². The maximum absolute atomic E-state index is 14.0. The number of benzene rings is 2. The molecule has 2 aromatic rings. The van der Waals surface area contributed by atoms with E-state index in [1.54, 1.807) is 30.0 Å². The van der Waals surface area contributed by atoms with Gasteiger partial charge in [0, 0.05) is 50.6 Å². The van der Waals surface area contributed by atoms with Crippen LogP contribution in [0.15, 0.2) is 41.3 Å². The van der Waals surface area contributed by atoms with Gasteiger partial charge in [-0.25, -0.2) is 8.42 Å². The average Bonchev–Trinajstić information content (AvgIpc) is 3.55. The summed E-state index contributed by atoms with van der Waals surface area (Å²) in [6.45, 7) is 3.78. The third-order valence-corrected chi connectivity index (χ3v) is 9.90. The first-order chi connectivity index (χ1) is 17.1. The van der Waals surface area contributed by atoms with Gasteiger partial charge in [0.2, 0.25) is 27.7 Å². The van der Waals surface area contributed by atoms with Gasteiger partial charge in [0.15, 0.2) is 0 Å². The van der Waals surface area contributed by atoms with E-state index in [4.69, 9.17) is 0 Å². The van der Waals surface area contributed by atoms with Crippen LogP contribution in [0.5, 0.6) is 0 Å².